The van der Waals surface area contributed by atoms with Crippen LogP contribution in [0.1, 0.15) is 15.4 Å². The Bertz CT molecular complexity index is 398. The minimum atomic E-state index is 0.850. The first-order valence-electron chi connectivity index (χ1n) is 4.46. The number of hydrogen-bond donors (Lipinski definition) is 1. The summed E-state index contributed by atoms with van der Waals surface area (Å²) in [4.78, 5) is 6.74. The van der Waals surface area contributed by atoms with Gasteiger partial charge in [0.2, 0.25) is 0 Å². The zero-order chi connectivity index (χ0) is 10.7. The van der Waals surface area contributed by atoms with Crippen LogP contribution in [0.25, 0.3) is 0 Å². The van der Waals surface area contributed by atoms with Crippen LogP contribution in [-0.2, 0) is 13.1 Å². The zero-order valence-electron chi connectivity index (χ0n) is 8.16. The lowest BCUT2D eigenvalue weighted by molar-refractivity contribution is 0.703. The van der Waals surface area contributed by atoms with Crippen molar-refractivity contribution >= 4 is 38.8 Å². The average molecular weight is 304 g/mol. The summed E-state index contributed by atoms with van der Waals surface area (Å²) in [5.41, 5.74) is 3.01. The van der Waals surface area contributed by atoms with Crippen LogP contribution in [-0.4, -0.2) is 9.36 Å². The molecule has 2 rings (SSSR count). The van der Waals surface area contributed by atoms with E-state index in [1.54, 1.807) is 11.3 Å². The van der Waals surface area contributed by atoms with Gasteiger partial charge in [0.05, 0.1) is 26.8 Å². The smallest absolute Gasteiger partial charge is 0.0798 e. The summed E-state index contributed by atoms with van der Waals surface area (Å²) in [7, 11) is 0. The molecule has 0 saturated heterocycles. The largest absolute Gasteiger partial charge is 0.307 e. The molecule has 0 radical (unpaired) electrons. The maximum absolute atomic E-state index is 4.21. The van der Waals surface area contributed by atoms with Crippen molar-refractivity contribution in [1.82, 2.24) is 14.7 Å². The predicted octanol–water partition coefficient (Wildman–Crippen LogP) is 2.96. The molecular formula is C9H10BrN3S2. The van der Waals surface area contributed by atoms with Crippen LogP contribution >= 0.6 is 38.8 Å². The Morgan fingerprint density at radius 3 is 2.80 bits per heavy atom. The molecule has 0 fully saturated rings. The van der Waals surface area contributed by atoms with Gasteiger partial charge < -0.3 is 5.32 Å². The second-order valence-corrected chi connectivity index (χ2v) is 5.74. The topological polar surface area (TPSA) is 37.8 Å². The molecule has 0 bridgehead atoms. The summed E-state index contributed by atoms with van der Waals surface area (Å²) in [6, 6.07) is 0. The summed E-state index contributed by atoms with van der Waals surface area (Å²) in [5, 5.41) is 3.38. The molecule has 0 unspecified atom stereocenters. The molecule has 0 aliphatic rings. The van der Waals surface area contributed by atoms with Gasteiger partial charge in [-0.25, -0.2) is 4.98 Å². The lowest BCUT2D eigenvalue weighted by atomic mass is 10.4. The van der Waals surface area contributed by atoms with E-state index in [9.17, 15) is 0 Å². The van der Waals surface area contributed by atoms with E-state index in [0.717, 1.165) is 23.3 Å². The van der Waals surface area contributed by atoms with Gasteiger partial charge in [-0.2, -0.15) is 4.37 Å². The van der Waals surface area contributed by atoms with E-state index >= 15 is 0 Å². The minimum absolute atomic E-state index is 0.850. The molecule has 0 saturated carbocycles. The minimum Gasteiger partial charge on any atom is -0.307 e. The standard InChI is InChI=1S/C9H10BrN3S2/c1-6-8(14-5-12-6)3-11-4-9-7(10)2-13-15-9/h2,5,11H,3-4H2,1H3. The first-order valence-corrected chi connectivity index (χ1v) is 6.90. The van der Waals surface area contributed by atoms with Crippen molar-refractivity contribution < 1.29 is 0 Å². The molecule has 0 aliphatic heterocycles. The number of aryl methyl sites for hydroxylation is 1. The van der Waals surface area contributed by atoms with E-state index < -0.39 is 0 Å². The molecule has 2 heterocycles. The SMILES string of the molecule is Cc1ncsc1CNCc1sncc1Br. The van der Waals surface area contributed by atoms with E-state index in [2.05, 4.69) is 30.6 Å². The Morgan fingerprint density at radius 2 is 2.20 bits per heavy atom. The lowest BCUT2D eigenvalue weighted by Crippen LogP contribution is -2.11. The first kappa shape index (κ1) is 11.2. The third kappa shape index (κ3) is 2.84. The molecule has 0 spiro atoms. The van der Waals surface area contributed by atoms with Crippen molar-refractivity contribution in [3.05, 3.63) is 31.6 Å². The van der Waals surface area contributed by atoms with Gasteiger partial charge in [0.1, 0.15) is 0 Å². The predicted molar refractivity (Wildman–Crippen MR) is 67.2 cm³/mol. The maximum Gasteiger partial charge on any atom is 0.0798 e. The molecule has 15 heavy (non-hydrogen) atoms. The van der Waals surface area contributed by atoms with Gasteiger partial charge in [-0.1, -0.05) is 0 Å². The second kappa shape index (κ2) is 5.16. The highest BCUT2D eigenvalue weighted by Gasteiger charge is 2.04. The fourth-order valence-electron chi connectivity index (χ4n) is 1.15. The number of nitrogens with zero attached hydrogens (tertiary/aromatic N) is 2. The fourth-order valence-corrected chi connectivity index (χ4v) is 3.09. The van der Waals surface area contributed by atoms with Crippen molar-refractivity contribution in [2.45, 2.75) is 20.0 Å². The van der Waals surface area contributed by atoms with Crippen LogP contribution < -0.4 is 5.32 Å². The summed E-state index contributed by atoms with van der Waals surface area (Å²) >= 11 is 6.67. The van der Waals surface area contributed by atoms with E-state index in [0.29, 0.717) is 0 Å². The van der Waals surface area contributed by atoms with Crippen molar-refractivity contribution in [3.63, 3.8) is 0 Å². The number of rotatable bonds is 4. The van der Waals surface area contributed by atoms with Gasteiger partial charge in [-0.3, -0.25) is 0 Å². The number of halogens is 1. The molecule has 0 atom stereocenters. The summed E-state index contributed by atoms with van der Waals surface area (Å²) in [5.74, 6) is 0. The van der Waals surface area contributed by atoms with Crippen molar-refractivity contribution in [3.8, 4) is 0 Å². The zero-order valence-corrected chi connectivity index (χ0v) is 11.4. The van der Waals surface area contributed by atoms with Gasteiger partial charge in [0.25, 0.3) is 0 Å². The van der Waals surface area contributed by atoms with Crippen LogP contribution in [0.2, 0.25) is 0 Å². The van der Waals surface area contributed by atoms with Crippen molar-refractivity contribution in [2.75, 3.05) is 0 Å². The van der Waals surface area contributed by atoms with Crippen LogP contribution in [0, 0.1) is 6.92 Å². The summed E-state index contributed by atoms with van der Waals surface area (Å²) in [6.45, 7) is 3.76. The fraction of sp³-hybridized carbons (Fsp3) is 0.333. The molecule has 0 aromatic carbocycles. The molecular weight excluding hydrogens is 294 g/mol. The molecule has 6 heteroatoms. The Balaban J connectivity index is 1.86. The molecule has 3 nitrogen and oxygen atoms in total. The molecule has 80 valence electrons. The molecule has 1 N–H and O–H groups in total. The lowest BCUT2D eigenvalue weighted by Gasteiger charge is -2.01. The number of hydrogen-bond acceptors (Lipinski definition) is 5. The van der Waals surface area contributed by atoms with Gasteiger partial charge in [-0.15, -0.1) is 11.3 Å². The van der Waals surface area contributed by atoms with Gasteiger partial charge in [-0.05, 0) is 34.4 Å². The van der Waals surface area contributed by atoms with Crippen LogP contribution in [0.3, 0.4) is 0 Å². The van der Waals surface area contributed by atoms with E-state index in [-0.39, 0.29) is 0 Å². The highest BCUT2D eigenvalue weighted by molar-refractivity contribution is 9.10. The van der Waals surface area contributed by atoms with E-state index in [1.807, 2.05) is 18.6 Å². The Morgan fingerprint density at radius 1 is 1.40 bits per heavy atom. The van der Waals surface area contributed by atoms with Crippen LogP contribution in [0.4, 0.5) is 0 Å². The average Bonchev–Trinajstić information content (AvgIpc) is 2.78. The highest BCUT2D eigenvalue weighted by Crippen LogP contribution is 2.19. The Hall–Kier alpha value is -0.300. The number of nitrogens with one attached hydrogen (secondary N) is 1. The summed E-state index contributed by atoms with van der Waals surface area (Å²) < 4.78 is 5.18. The third-order valence-corrected chi connectivity index (χ3v) is 4.69. The molecule has 2 aromatic heterocycles. The highest BCUT2D eigenvalue weighted by atomic mass is 79.9. The van der Waals surface area contributed by atoms with E-state index in [1.165, 1.54) is 21.3 Å². The maximum atomic E-state index is 4.21. The summed E-state index contributed by atoms with van der Waals surface area (Å²) in [6.07, 6.45) is 1.83. The Kier molecular flexibility index (Phi) is 3.85. The molecule has 0 aliphatic carbocycles. The van der Waals surface area contributed by atoms with Crippen LogP contribution in [0.15, 0.2) is 16.2 Å². The van der Waals surface area contributed by atoms with Crippen LogP contribution in [0.5, 0.6) is 0 Å². The Labute approximate surface area is 105 Å². The second-order valence-electron chi connectivity index (χ2n) is 3.06. The van der Waals surface area contributed by atoms with Crippen molar-refractivity contribution in [2.24, 2.45) is 0 Å². The van der Waals surface area contributed by atoms with Gasteiger partial charge in [0, 0.05) is 18.0 Å². The number of thiazole rings is 1. The molecule has 0 amide bonds. The quantitative estimate of drug-likeness (QED) is 0.943. The third-order valence-electron chi connectivity index (χ3n) is 2.01. The van der Waals surface area contributed by atoms with Gasteiger partial charge in [0.15, 0.2) is 0 Å². The monoisotopic (exact) mass is 303 g/mol. The van der Waals surface area contributed by atoms with Gasteiger partial charge >= 0.3 is 0 Å². The molecule has 2 aromatic rings. The van der Waals surface area contributed by atoms with Crippen molar-refractivity contribution in [1.29, 1.82) is 0 Å². The normalized spacial score (nSPS) is 10.8. The first-order chi connectivity index (χ1) is 7.27. The number of aromatic nitrogens is 2. The van der Waals surface area contributed by atoms with E-state index in [4.69, 9.17) is 0 Å².